The van der Waals surface area contributed by atoms with Gasteiger partial charge in [-0.05, 0) is 38.1 Å². The van der Waals surface area contributed by atoms with Crippen LogP contribution in [0.3, 0.4) is 0 Å². The monoisotopic (exact) mass is 225 g/mol. The maximum absolute atomic E-state index is 5.51. The third-order valence-corrected chi connectivity index (χ3v) is 3.28. The Morgan fingerprint density at radius 2 is 2.00 bits per heavy atom. The standard InChI is InChI=1S/C14H27NO/c1-2-3-7-11-16-12-10-15-13-14-8-5-4-6-9-14/h2,14-15H,1,3-13H2. The Bertz CT molecular complexity index is 164. The van der Waals surface area contributed by atoms with E-state index < -0.39 is 0 Å². The Hall–Kier alpha value is -0.340. The second kappa shape index (κ2) is 9.86. The molecule has 1 saturated carbocycles. The first kappa shape index (κ1) is 13.7. The van der Waals surface area contributed by atoms with Gasteiger partial charge >= 0.3 is 0 Å². The predicted octanol–water partition coefficient (Wildman–Crippen LogP) is 3.14. The van der Waals surface area contributed by atoms with E-state index in [9.17, 15) is 0 Å². The molecule has 1 N–H and O–H groups in total. The van der Waals surface area contributed by atoms with Gasteiger partial charge in [-0.3, -0.25) is 0 Å². The molecule has 0 unspecified atom stereocenters. The molecule has 0 bridgehead atoms. The Balaban J connectivity index is 1.78. The lowest BCUT2D eigenvalue weighted by atomic mass is 9.89. The van der Waals surface area contributed by atoms with E-state index in [0.717, 1.165) is 38.5 Å². The van der Waals surface area contributed by atoms with Gasteiger partial charge in [-0.2, -0.15) is 0 Å². The molecule has 1 aliphatic carbocycles. The van der Waals surface area contributed by atoms with Gasteiger partial charge < -0.3 is 10.1 Å². The molecule has 0 aromatic rings. The third kappa shape index (κ3) is 7.02. The molecule has 1 rings (SSSR count). The van der Waals surface area contributed by atoms with E-state index in [4.69, 9.17) is 4.74 Å². The van der Waals surface area contributed by atoms with E-state index in [0.29, 0.717) is 0 Å². The van der Waals surface area contributed by atoms with Gasteiger partial charge in [0.25, 0.3) is 0 Å². The normalized spacial score (nSPS) is 17.5. The van der Waals surface area contributed by atoms with Crippen molar-refractivity contribution in [1.29, 1.82) is 0 Å². The van der Waals surface area contributed by atoms with Crippen molar-refractivity contribution < 1.29 is 4.74 Å². The summed E-state index contributed by atoms with van der Waals surface area (Å²) in [4.78, 5) is 0. The molecule has 0 heterocycles. The van der Waals surface area contributed by atoms with Crippen LogP contribution in [0.4, 0.5) is 0 Å². The maximum atomic E-state index is 5.51. The average molecular weight is 225 g/mol. The van der Waals surface area contributed by atoms with Crippen LogP contribution in [0.25, 0.3) is 0 Å². The zero-order valence-electron chi connectivity index (χ0n) is 10.5. The molecule has 0 saturated heterocycles. The van der Waals surface area contributed by atoms with Crippen LogP contribution in [-0.2, 0) is 4.74 Å². The molecule has 0 amide bonds. The molecular weight excluding hydrogens is 198 g/mol. The Kier molecular flexibility index (Phi) is 8.45. The third-order valence-electron chi connectivity index (χ3n) is 3.28. The van der Waals surface area contributed by atoms with E-state index in [1.807, 2.05) is 6.08 Å². The highest BCUT2D eigenvalue weighted by Gasteiger charge is 2.11. The summed E-state index contributed by atoms with van der Waals surface area (Å²) in [5, 5.41) is 3.50. The van der Waals surface area contributed by atoms with Crippen molar-refractivity contribution in [1.82, 2.24) is 5.32 Å². The largest absolute Gasteiger partial charge is 0.380 e. The van der Waals surface area contributed by atoms with Crippen molar-refractivity contribution in [3.63, 3.8) is 0 Å². The highest BCUT2D eigenvalue weighted by Crippen LogP contribution is 2.22. The fraction of sp³-hybridized carbons (Fsp3) is 0.857. The topological polar surface area (TPSA) is 21.3 Å². The van der Waals surface area contributed by atoms with Gasteiger partial charge in [0.15, 0.2) is 0 Å². The number of nitrogens with one attached hydrogen (secondary N) is 1. The molecule has 1 aliphatic rings. The molecule has 1 fully saturated rings. The molecule has 2 heteroatoms. The summed E-state index contributed by atoms with van der Waals surface area (Å²) in [6.07, 6.45) is 11.3. The minimum Gasteiger partial charge on any atom is -0.380 e. The van der Waals surface area contributed by atoms with Gasteiger partial charge in [0.2, 0.25) is 0 Å². The first-order chi connectivity index (χ1) is 7.93. The molecule has 0 aromatic carbocycles. The highest BCUT2D eigenvalue weighted by molar-refractivity contribution is 4.68. The molecule has 0 aliphatic heterocycles. The Morgan fingerprint density at radius 1 is 1.19 bits per heavy atom. The SMILES string of the molecule is C=CCCCOCCNCC1CCCCC1. The number of unbranched alkanes of at least 4 members (excludes halogenated alkanes) is 1. The van der Waals surface area contributed by atoms with Crippen LogP contribution in [0, 0.1) is 5.92 Å². The van der Waals surface area contributed by atoms with E-state index in [-0.39, 0.29) is 0 Å². The lowest BCUT2D eigenvalue weighted by Crippen LogP contribution is -2.27. The van der Waals surface area contributed by atoms with Crippen LogP contribution < -0.4 is 5.32 Å². The van der Waals surface area contributed by atoms with Crippen molar-refractivity contribution in [2.45, 2.75) is 44.9 Å². The van der Waals surface area contributed by atoms with Gasteiger partial charge in [-0.25, -0.2) is 0 Å². The lowest BCUT2D eigenvalue weighted by Gasteiger charge is -2.21. The maximum Gasteiger partial charge on any atom is 0.0590 e. The van der Waals surface area contributed by atoms with Gasteiger partial charge in [0, 0.05) is 13.2 Å². The smallest absolute Gasteiger partial charge is 0.0590 e. The summed E-state index contributed by atoms with van der Waals surface area (Å²) >= 11 is 0. The summed E-state index contributed by atoms with van der Waals surface area (Å²) in [6.45, 7) is 7.61. The predicted molar refractivity (Wildman–Crippen MR) is 69.7 cm³/mol. The minimum atomic E-state index is 0.851. The quantitative estimate of drug-likeness (QED) is 0.481. The zero-order chi connectivity index (χ0) is 11.5. The van der Waals surface area contributed by atoms with Crippen molar-refractivity contribution in [3.05, 3.63) is 12.7 Å². The van der Waals surface area contributed by atoms with E-state index in [2.05, 4.69) is 11.9 Å². The minimum absolute atomic E-state index is 0.851. The number of allylic oxidation sites excluding steroid dienone is 1. The molecule has 2 nitrogen and oxygen atoms in total. The summed E-state index contributed by atoms with van der Waals surface area (Å²) < 4.78 is 5.51. The van der Waals surface area contributed by atoms with Crippen molar-refractivity contribution >= 4 is 0 Å². The van der Waals surface area contributed by atoms with Crippen LogP contribution in [0.5, 0.6) is 0 Å². The average Bonchev–Trinajstić information content (AvgIpc) is 2.34. The number of hydrogen-bond donors (Lipinski definition) is 1. The highest BCUT2D eigenvalue weighted by atomic mass is 16.5. The van der Waals surface area contributed by atoms with Crippen LogP contribution in [0.1, 0.15) is 44.9 Å². The molecule has 0 aromatic heterocycles. The first-order valence-corrected chi connectivity index (χ1v) is 6.83. The Morgan fingerprint density at radius 3 is 2.75 bits per heavy atom. The van der Waals surface area contributed by atoms with E-state index in [1.54, 1.807) is 0 Å². The summed E-state index contributed by atoms with van der Waals surface area (Å²) in [6, 6.07) is 0. The summed E-state index contributed by atoms with van der Waals surface area (Å²) in [5.41, 5.74) is 0. The summed E-state index contributed by atoms with van der Waals surface area (Å²) in [7, 11) is 0. The van der Waals surface area contributed by atoms with Gasteiger partial charge in [-0.15, -0.1) is 6.58 Å². The Labute approximate surface area is 100 Å². The molecule has 0 spiro atoms. The molecule has 0 radical (unpaired) electrons. The zero-order valence-corrected chi connectivity index (χ0v) is 10.5. The van der Waals surface area contributed by atoms with Crippen LogP contribution in [0.15, 0.2) is 12.7 Å². The van der Waals surface area contributed by atoms with Crippen LogP contribution in [-0.4, -0.2) is 26.3 Å². The van der Waals surface area contributed by atoms with Crippen molar-refractivity contribution in [2.75, 3.05) is 26.3 Å². The van der Waals surface area contributed by atoms with Crippen molar-refractivity contribution in [2.24, 2.45) is 5.92 Å². The molecule has 16 heavy (non-hydrogen) atoms. The molecular formula is C14H27NO. The van der Waals surface area contributed by atoms with Crippen LogP contribution in [0.2, 0.25) is 0 Å². The van der Waals surface area contributed by atoms with Crippen LogP contribution >= 0.6 is 0 Å². The number of hydrogen-bond acceptors (Lipinski definition) is 2. The number of ether oxygens (including phenoxy) is 1. The van der Waals surface area contributed by atoms with E-state index in [1.165, 1.54) is 38.6 Å². The van der Waals surface area contributed by atoms with Gasteiger partial charge in [-0.1, -0.05) is 25.3 Å². The van der Waals surface area contributed by atoms with Gasteiger partial charge in [0.1, 0.15) is 0 Å². The van der Waals surface area contributed by atoms with Gasteiger partial charge in [0.05, 0.1) is 6.61 Å². The summed E-state index contributed by atoms with van der Waals surface area (Å²) in [5.74, 6) is 0.925. The second-order valence-corrected chi connectivity index (χ2v) is 4.75. The fourth-order valence-electron chi connectivity index (χ4n) is 2.27. The fourth-order valence-corrected chi connectivity index (χ4v) is 2.27. The van der Waals surface area contributed by atoms with Crippen molar-refractivity contribution in [3.8, 4) is 0 Å². The number of rotatable bonds is 9. The van der Waals surface area contributed by atoms with E-state index >= 15 is 0 Å². The second-order valence-electron chi connectivity index (χ2n) is 4.75. The molecule has 94 valence electrons. The lowest BCUT2D eigenvalue weighted by molar-refractivity contribution is 0.132. The first-order valence-electron chi connectivity index (χ1n) is 6.83. The molecule has 0 atom stereocenters.